The summed E-state index contributed by atoms with van der Waals surface area (Å²) in [6, 6.07) is 10.6. The zero-order valence-electron chi connectivity index (χ0n) is 15.1. The second-order valence-electron chi connectivity index (χ2n) is 7.05. The number of hydrogen-bond acceptors (Lipinski definition) is 3. The van der Waals surface area contributed by atoms with Crippen molar-refractivity contribution in [1.29, 1.82) is 0 Å². The molecule has 0 unspecified atom stereocenters. The summed E-state index contributed by atoms with van der Waals surface area (Å²) in [7, 11) is 0. The molecule has 3 heterocycles. The van der Waals surface area contributed by atoms with Gasteiger partial charge >= 0.3 is 0 Å². The first kappa shape index (κ1) is 15.3. The molecule has 0 aliphatic heterocycles. The van der Waals surface area contributed by atoms with Crippen molar-refractivity contribution in [3.8, 4) is 17.1 Å². The number of aromatic nitrogens is 5. The number of fused-ring (bicyclic) bond motifs is 1. The molecular formula is C21H21N5. The van der Waals surface area contributed by atoms with Crippen molar-refractivity contribution in [2.75, 3.05) is 0 Å². The molecule has 5 heteroatoms. The molecule has 1 aliphatic rings. The SMILES string of the molecule is CCc1ccccc1-n1nc(C2CC2)nc1-c1cc(C)cn2ccnc12. The van der Waals surface area contributed by atoms with Crippen LogP contribution in [-0.2, 0) is 6.42 Å². The standard InChI is InChI=1S/C21H21N5/c1-3-15-6-4-5-7-18(15)26-21(23-19(24-26)16-8-9-16)17-12-14(2)13-25-11-10-22-20(17)25/h4-7,10-13,16H,3,8-9H2,1-2H3. The molecule has 1 aliphatic carbocycles. The highest BCUT2D eigenvalue weighted by Gasteiger charge is 2.30. The Kier molecular flexibility index (Phi) is 3.42. The quantitative estimate of drug-likeness (QED) is 0.554. The second kappa shape index (κ2) is 5.80. The van der Waals surface area contributed by atoms with Gasteiger partial charge in [0.05, 0.1) is 11.3 Å². The van der Waals surface area contributed by atoms with Crippen molar-refractivity contribution >= 4 is 5.65 Å². The van der Waals surface area contributed by atoms with E-state index in [1.165, 1.54) is 24.0 Å². The predicted octanol–water partition coefficient (Wildman–Crippen LogP) is 4.33. The average Bonchev–Trinajstić information content (AvgIpc) is 3.24. The van der Waals surface area contributed by atoms with E-state index in [2.05, 4.69) is 59.8 Å². The highest BCUT2D eigenvalue weighted by Crippen LogP contribution is 2.40. The monoisotopic (exact) mass is 343 g/mol. The maximum Gasteiger partial charge on any atom is 0.167 e. The van der Waals surface area contributed by atoms with Gasteiger partial charge in [0, 0.05) is 24.5 Å². The van der Waals surface area contributed by atoms with Crippen molar-refractivity contribution in [1.82, 2.24) is 24.1 Å². The van der Waals surface area contributed by atoms with Crippen LogP contribution < -0.4 is 0 Å². The summed E-state index contributed by atoms with van der Waals surface area (Å²) in [5.41, 5.74) is 5.50. The van der Waals surface area contributed by atoms with Crippen LogP contribution in [0, 0.1) is 6.92 Å². The average molecular weight is 343 g/mol. The molecule has 0 saturated heterocycles. The molecule has 3 aromatic heterocycles. The molecule has 26 heavy (non-hydrogen) atoms. The molecule has 0 N–H and O–H groups in total. The third-order valence-corrected chi connectivity index (χ3v) is 5.03. The van der Waals surface area contributed by atoms with Gasteiger partial charge in [-0.25, -0.2) is 14.6 Å². The Bertz CT molecular complexity index is 1100. The van der Waals surface area contributed by atoms with Crippen molar-refractivity contribution < 1.29 is 0 Å². The number of imidazole rings is 1. The molecule has 0 bridgehead atoms. The summed E-state index contributed by atoms with van der Waals surface area (Å²) >= 11 is 0. The minimum Gasteiger partial charge on any atom is -0.306 e. The normalized spacial score (nSPS) is 14.2. The Hall–Kier alpha value is -2.95. The summed E-state index contributed by atoms with van der Waals surface area (Å²) in [5, 5.41) is 4.92. The lowest BCUT2D eigenvalue weighted by Crippen LogP contribution is -2.04. The van der Waals surface area contributed by atoms with Gasteiger partial charge in [0.25, 0.3) is 0 Å². The second-order valence-corrected chi connectivity index (χ2v) is 7.05. The number of benzene rings is 1. The number of nitrogens with zero attached hydrogens (tertiary/aromatic N) is 5. The first-order valence-corrected chi connectivity index (χ1v) is 9.23. The van der Waals surface area contributed by atoms with Crippen LogP contribution >= 0.6 is 0 Å². The van der Waals surface area contributed by atoms with Gasteiger partial charge in [-0.2, -0.15) is 5.10 Å². The number of pyridine rings is 1. The molecule has 1 saturated carbocycles. The zero-order valence-corrected chi connectivity index (χ0v) is 15.1. The van der Waals surface area contributed by atoms with E-state index in [1.807, 2.05) is 17.1 Å². The van der Waals surface area contributed by atoms with E-state index in [0.29, 0.717) is 5.92 Å². The summed E-state index contributed by atoms with van der Waals surface area (Å²) < 4.78 is 4.09. The third-order valence-electron chi connectivity index (χ3n) is 5.03. The van der Waals surface area contributed by atoms with E-state index < -0.39 is 0 Å². The van der Waals surface area contributed by atoms with Crippen LogP contribution in [0.3, 0.4) is 0 Å². The van der Waals surface area contributed by atoms with Crippen LogP contribution in [-0.4, -0.2) is 24.1 Å². The fourth-order valence-electron chi connectivity index (χ4n) is 3.54. The first-order chi connectivity index (χ1) is 12.7. The molecule has 0 amide bonds. The van der Waals surface area contributed by atoms with Gasteiger partial charge in [-0.05, 0) is 49.4 Å². The summed E-state index contributed by atoms with van der Waals surface area (Å²) in [6.07, 6.45) is 9.24. The molecule has 5 nitrogen and oxygen atoms in total. The summed E-state index contributed by atoms with van der Waals surface area (Å²) in [5.74, 6) is 2.34. The van der Waals surface area contributed by atoms with Gasteiger partial charge in [0.15, 0.2) is 11.6 Å². The number of rotatable bonds is 4. The predicted molar refractivity (Wildman–Crippen MR) is 102 cm³/mol. The van der Waals surface area contributed by atoms with Crippen LogP contribution in [0.25, 0.3) is 22.7 Å². The Balaban J connectivity index is 1.79. The van der Waals surface area contributed by atoms with E-state index in [-0.39, 0.29) is 0 Å². The highest BCUT2D eigenvalue weighted by molar-refractivity contribution is 5.75. The lowest BCUT2D eigenvalue weighted by molar-refractivity contribution is 0.828. The van der Waals surface area contributed by atoms with Gasteiger partial charge in [-0.3, -0.25) is 0 Å². The first-order valence-electron chi connectivity index (χ1n) is 9.23. The fraction of sp³-hybridized carbons (Fsp3) is 0.286. The molecule has 0 atom stereocenters. The molecular weight excluding hydrogens is 322 g/mol. The molecule has 0 radical (unpaired) electrons. The van der Waals surface area contributed by atoms with E-state index in [0.717, 1.165) is 35.0 Å². The Labute approximate surface area is 152 Å². The Morgan fingerprint density at radius 2 is 2.04 bits per heavy atom. The van der Waals surface area contributed by atoms with Crippen LogP contribution in [0.2, 0.25) is 0 Å². The fourth-order valence-corrected chi connectivity index (χ4v) is 3.54. The zero-order chi connectivity index (χ0) is 17.7. The molecule has 0 spiro atoms. The van der Waals surface area contributed by atoms with Gasteiger partial charge in [-0.1, -0.05) is 25.1 Å². The van der Waals surface area contributed by atoms with Crippen LogP contribution in [0.1, 0.15) is 42.6 Å². The van der Waals surface area contributed by atoms with Gasteiger partial charge in [-0.15, -0.1) is 0 Å². The van der Waals surface area contributed by atoms with Crippen molar-refractivity contribution in [3.05, 3.63) is 65.9 Å². The maximum absolute atomic E-state index is 4.96. The van der Waals surface area contributed by atoms with Crippen LogP contribution in [0.4, 0.5) is 0 Å². The topological polar surface area (TPSA) is 48.0 Å². The molecule has 130 valence electrons. The smallest absolute Gasteiger partial charge is 0.167 e. The Morgan fingerprint density at radius 3 is 2.85 bits per heavy atom. The number of hydrogen-bond donors (Lipinski definition) is 0. The summed E-state index contributed by atoms with van der Waals surface area (Å²) in [6.45, 7) is 4.28. The minimum absolute atomic E-state index is 0.504. The minimum atomic E-state index is 0.504. The number of aryl methyl sites for hydroxylation is 2. The van der Waals surface area contributed by atoms with E-state index in [4.69, 9.17) is 10.1 Å². The third kappa shape index (κ3) is 2.43. The van der Waals surface area contributed by atoms with E-state index in [9.17, 15) is 0 Å². The lowest BCUT2D eigenvalue weighted by atomic mass is 10.1. The maximum atomic E-state index is 4.96. The Morgan fingerprint density at radius 1 is 1.19 bits per heavy atom. The van der Waals surface area contributed by atoms with E-state index in [1.54, 1.807) is 0 Å². The molecule has 5 rings (SSSR count). The lowest BCUT2D eigenvalue weighted by Gasteiger charge is -2.11. The van der Waals surface area contributed by atoms with Crippen LogP contribution in [0.5, 0.6) is 0 Å². The van der Waals surface area contributed by atoms with E-state index >= 15 is 0 Å². The van der Waals surface area contributed by atoms with Crippen molar-refractivity contribution in [2.45, 2.75) is 39.0 Å². The van der Waals surface area contributed by atoms with Gasteiger partial charge < -0.3 is 4.40 Å². The highest BCUT2D eigenvalue weighted by atomic mass is 15.4. The van der Waals surface area contributed by atoms with Crippen molar-refractivity contribution in [3.63, 3.8) is 0 Å². The van der Waals surface area contributed by atoms with Gasteiger partial charge in [0.1, 0.15) is 5.65 Å². The van der Waals surface area contributed by atoms with Gasteiger partial charge in [0.2, 0.25) is 0 Å². The van der Waals surface area contributed by atoms with Crippen molar-refractivity contribution in [2.24, 2.45) is 0 Å². The number of para-hydroxylation sites is 1. The molecule has 1 aromatic carbocycles. The van der Waals surface area contributed by atoms with Crippen LogP contribution in [0.15, 0.2) is 48.9 Å². The largest absolute Gasteiger partial charge is 0.306 e. The molecule has 1 fully saturated rings. The summed E-state index contributed by atoms with van der Waals surface area (Å²) in [4.78, 5) is 9.53. The molecule has 4 aromatic rings.